The average molecular weight is 521 g/mol. The molecule has 0 fully saturated rings. The van der Waals surface area contributed by atoms with E-state index in [1.165, 1.54) is 19.1 Å². The number of amides is 1. The van der Waals surface area contributed by atoms with Crippen molar-refractivity contribution in [1.29, 1.82) is 0 Å². The highest BCUT2D eigenvalue weighted by Gasteiger charge is 2.31. The smallest absolute Gasteiger partial charge is 0.325 e. The van der Waals surface area contributed by atoms with Gasteiger partial charge in [-0.1, -0.05) is 72.8 Å². The van der Waals surface area contributed by atoms with Crippen LogP contribution in [0.5, 0.6) is 0 Å². The van der Waals surface area contributed by atoms with Crippen LogP contribution in [0.3, 0.4) is 0 Å². The third-order valence-electron chi connectivity index (χ3n) is 5.67. The predicted octanol–water partition coefficient (Wildman–Crippen LogP) is 4.44. The SMILES string of the molecule is CC(OC(=O)C(Cc1ccccc1)NS(=O)(=O)c1ccccc1F)C(=O)Nc1ccc2ccccc2c1. The van der Waals surface area contributed by atoms with E-state index in [1.54, 1.807) is 42.5 Å². The zero-order valence-corrected chi connectivity index (χ0v) is 20.7. The van der Waals surface area contributed by atoms with Gasteiger partial charge in [-0.15, -0.1) is 0 Å². The molecular weight excluding hydrogens is 495 g/mol. The number of ether oxygens (including phenoxy) is 1. The average Bonchev–Trinajstić information content (AvgIpc) is 2.88. The van der Waals surface area contributed by atoms with Crippen molar-refractivity contribution in [3.05, 3.63) is 108 Å². The van der Waals surface area contributed by atoms with Gasteiger partial charge in [0.05, 0.1) is 0 Å². The van der Waals surface area contributed by atoms with Crippen molar-refractivity contribution < 1.29 is 27.1 Å². The highest BCUT2D eigenvalue weighted by molar-refractivity contribution is 7.89. The van der Waals surface area contributed by atoms with E-state index in [-0.39, 0.29) is 6.42 Å². The van der Waals surface area contributed by atoms with E-state index in [9.17, 15) is 22.4 Å². The Morgan fingerprint density at radius 1 is 0.865 bits per heavy atom. The Kier molecular flexibility index (Phi) is 7.95. The molecule has 4 aromatic carbocycles. The summed E-state index contributed by atoms with van der Waals surface area (Å²) in [6.45, 7) is 1.39. The number of esters is 1. The van der Waals surface area contributed by atoms with Gasteiger partial charge in [-0.25, -0.2) is 12.8 Å². The van der Waals surface area contributed by atoms with Gasteiger partial charge in [-0.3, -0.25) is 9.59 Å². The van der Waals surface area contributed by atoms with E-state index in [4.69, 9.17) is 4.74 Å². The van der Waals surface area contributed by atoms with Gasteiger partial charge in [0.15, 0.2) is 6.10 Å². The highest BCUT2D eigenvalue weighted by atomic mass is 32.2. The van der Waals surface area contributed by atoms with Gasteiger partial charge in [0.2, 0.25) is 10.0 Å². The first-order chi connectivity index (χ1) is 17.7. The summed E-state index contributed by atoms with van der Waals surface area (Å²) in [6, 6.07) is 25.2. The van der Waals surface area contributed by atoms with Crippen LogP contribution in [0.1, 0.15) is 12.5 Å². The zero-order valence-electron chi connectivity index (χ0n) is 19.9. The van der Waals surface area contributed by atoms with Crippen molar-refractivity contribution in [2.24, 2.45) is 0 Å². The summed E-state index contributed by atoms with van der Waals surface area (Å²) in [5, 5.41) is 4.64. The molecule has 4 aromatic rings. The first kappa shape index (κ1) is 26.0. The van der Waals surface area contributed by atoms with E-state index < -0.39 is 44.8 Å². The summed E-state index contributed by atoms with van der Waals surface area (Å²) < 4.78 is 47.6. The number of hydrogen-bond acceptors (Lipinski definition) is 5. The van der Waals surface area contributed by atoms with Gasteiger partial charge in [-0.2, -0.15) is 4.72 Å². The lowest BCUT2D eigenvalue weighted by molar-refractivity contribution is -0.154. The van der Waals surface area contributed by atoms with Gasteiger partial charge in [0.1, 0.15) is 16.8 Å². The normalized spacial score (nSPS) is 13.0. The Morgan fingerprint density at radius 2 is 1.51 bits per heavy atom. The van der Waals surface area contributed by atoms with Crippen LogP contribution in [0.15, 0.2) is 102 Å². The first-order valence-corrected chi connectivity index (χ1v) is 13.0. The summed E-state index contributed by atoms with van der Waals surface area (Å²) in [4.78, 5) is 25.2. The van der Waals surface area contributed by atoms with Gasteiger partial charge in [0, 0.05) is 5.69 Å². The molecule has 2 unspecified atom stereocenters. The molecular formula is C28H25FN2O5S. The first-order valence-electron chi connectivity index (χ1n) is 11.5. The monoisotopic (exact) mass is 520 g/mol. The van der Waals surface area contributed by atoms with Crippen LogP contribution < -0.4 is 10.0 Å². The Balaban J connectivity index is 1.49. The molecule has 9 heteroatoms. The minimum atomic E-state index is -4.41. The Bertz CT molecular complexity index is 1530. The summed E-state index contributed by atoms with van der Waals surface area (Å²) >= 11 is 0. The second-order valence-corrected chi connectivity index (χ2v) is 10.1. The maximum atomic E-state index is 14.2. The molecule has 0 spiro atoms. The van der Waals surface area contributed by atoms with E-state index in [0.29, 0.717) is 11.3 Å². The van der Waals surface area contributed by atoms with Crippen molar-refractivity contribution in [1.82, 2.24) is 4.72 Å². The molecule has 0 saturated carbocycles. The second kappa shape index (κ2) is 11.3. The van der Waals surface area contributed by atoms with Gasteiger partial charge in [-0.05, 0) is 53.9 Å². The molecule has 0 bridgehead atoms. The van der Waals surface area contributed by atoms with Crippen LogP contribution in [0.25, 0.3) is 10.8 Å². The van der Waals surface area contributed by atoms with Gasteiger partial charge in [0.25, 0.3) is 5.91 Å². The number of benzene rings is 4. The molecule has 1 amide bonds. The molecule has 0 aliphatic carbocycles. The van der Waals surface area contributed by atoms with Crippen LogP contribution in [0.4, 0.5) is 10.1 Å². The van der Waals surface area contributed by atoms with E-state index in [2.05, 4.69) is 10.0 Å². The minimum absolute atomic E-state index is 0.0631. The lowest BCUT2D eigenvalue weighted by atomic mass is 10.1. The second-order valence-electron chi connectivity index (χ2n) is 8.42. The summed E-state index contributed by atoms with van der Waals surface area (Å²) in [5.74, 6) is -2.51. The van der Waals surface area contributed by atoms with E-state index in [0.717, 1.165) is 22.9 Å². The number of carbonyl (C=O) groups is 2. The Labute approximate surface area is 214 Å². The summed E-state index contributed by atoms with van der Waals surface area (Å²) in [6.07, 6.45) is -1.29. The van der Waals surface area contributed by atoms with Crippen LogP contribution in [-0.2, 0) is 30.8 Å². The number of nitrogens with one attached hydrogen (secondary N) is 2. The third kappa shape index (κ3) is 6.58. The molecule has 4 rings (SSSR count). The fourth-order valence-corrected chi connectivity index (χ4v) is 5.02. The number of sulfonamides is 1. The number of halogens is 1. The van der Waals surface area contributed by atoms with Gasteiger partial charge >= 0.3 is 5.97 Å². The van der Waals surface area contributed by atoms with Crippen molar-refractivity contribution >= 4 is 38.4 Å². The van der Waals surface area contributed by atoms with Crippen LogP contribution in [0, 0.1) is 5.82 Å². The summed E-state index contributed by atoms with van der Waals surface area (Å²) in [7, 11) is -4.41. The number of rotatable bonds is 9. The topological polar surface area (TPSA) is 102 Å². The lowest BCUT2D eigenvalue weighted by Gasteiger charge is -2.21. The van der Waals surface area contributed by atoms with Crippen molar-refractivity contribution in [3.8, 4) is 0 Å². The van der Waals surface area contributed by atoms with Crippen molar-refractivity contribution in [2.75, 3.05) is 5.32 Å². The fraction of sp³-hybridized carbons (Fsp3) is 0.143. The van der Waals surface area contributed by atoms with Crippen LogP contribution >= 0.6 is 0 Å². The van der Waals surface area contributed by atoms with Crippen LogP contribution in [0.2, 0.25) is 0 Å². The molecule has 0 aliphatic heterocycles. The lowest BCUT2D eigenvalue weighted by Crippen LogP contribution is -2.45. The van der Waals surface area contributed by atoms with E-state index in [1.807, 2.05) is 30.3 Å². The summed E-state index contributed by atoms with van der Waals surface area (Å²) in [5.41, 5.74) is 1.17. The quantitative estimate of drug-likeness (QED) is 0.318. The number of anilines is 1. The predicted molar refractivity (Wildman–Crippen MR) is 139 cm³/mol. The van der Waals surface area contributed by atoms with E-state index >= 15 is 0 Å². The molecule has 2 N–H and O–H groups in total. The molecule has 0 radical (unpaired) electrons. The standard InChI is InChI=1S/C28H25FN2O5S/c1-19(27(32)30-23-16-15-21-11-5-6-12-22(21)18-23)36-28(33)25(17-20-9-3-2-4-10-20)31-37(34,35)26-14-8-7-13-24(26)29/h2-16,18-19,25,31H,17H2,1H3,(H,30,32). The Morgan fingerprint density at radius 3 is 2.24 bits per heavy atom. The molecule has 0 aromatic heterocycles. The fourth-order valence-electron chi connectivity index (χ4n) is 3.76. The third-order valence-corrected chi connectivity index (χ3v) is 7.17. The molecule has 190 valence electrons. The largest absolute Gasteiger partial charge is 0.451 e. The molecule has 7 nitrogen and oxygen atoms in total. The molecule has 37 heavy (non-hydrogen) atoms. The minimum Gasteiger partial charge on any atom is -0.451 e. The zero-order chi connectivity index (χ0) is 26.4. The van der Waals surface area contributed by atoms with Gasteiger partial charge < -0.3 is 10.1 Å². The molecule has 0 saturated heterocycles. The van der Waals surface area contributed by atoms with Crippen LogP contribution in [-0.4, -0.2) is 32.4 Å². The molecule has 0 aliphatic rings. The maximum Gasteiger partial charge on any atom is 0.325 e. The number of carbonyl (C=O) groups excluding carboxylic acids is 2. The number of hydrogen-bond donors (Lipinski definition) is 2. The molecule has 2 atom stereocenters. The Hall–Kier alpha value is -4.08. The van der Waals surface area contributed by atoms with Crippen molar-refractivity contribution in [2.45, 2.75) is 30.4 Å². The maximum absolute atomic E-state index is 14.2. The molecule has 0 heterocycles. The number of fused-ring (bicyclic) bond motifs is 1. The van der Waals surface area contributed by atoms with Crippen molar-refractivity contribution in [3.63, 3.8) is 0 Å². The highest BCUT2D eigenvalue weighted by Crippen LogP contribution is 2.20.